The Morgan fingerprint density at radius 3 is 2.77 bits per heavy atom. The number of benzene rings is 2. The number of hydrogen-bond donors (Lipinski definition) is 1. The smallest absolute Gasteiger partial charge is 0.264 e. The van der Waals surface area contributed by atoms with Crippen molar-refractivity contribution in [3.8, 4) is 5.75 Å². The van der Waals surface area contributed by atoms with Crippen molar-refractivity contribution in [3.63, 3.8) is 0 Å². The van der Waals surface area contributed by atoms with E-state index in [1.807, 2.05) is 31.2 Å². The molecular formula is C20H21FN2O3. The molecule has 0 saturated heterocycles. The van der Waals surface area contributed by atoms with Crippen LogP contribution < -0.4 is 10.1 Å². The molecule has 5 nitrogen and oxygen atoms in total. The molecule has 26 heavy (non-hydrogen) atoms. The maximum absolute atomic E-state index is 13.4. The SMILES string of the molecule is CCC(NC(=O)C1CC(c2cccc(F)c2)=NO1)c1ccc(OC)cc1. The van der Waals surface area contributed by atoms with Gasteiger partial charge >= 0.3 is 0 Å². The van der Waals surface area contributed by atoms with Crippen molar-refractivity contribution in [2.45, 2.75) is 31.9 Å². The molecule has 0 aromatic heterocycles. The summed E-state index contributed by atoms with van der Waals surface area (Å²) in [6.45, 7) is 2.00. The molecule has 0 bridgehead atoms. The average molecular weight is 356 g/mol. The maximum Gasteiger partial charge on any atom is 0.264 e. The highest BCUT2D eigenvalue weighted by Gasteiger charge is 2.30. The first-order valence-electron chi connectivity index (χ1n) is 8.53. The van der Waals surface area contributed by atoms with E-state index in [0.29, 0.717) is 17.7 Å². The number of oxime groups is 1. The Morgan fingerprint density at radius 1 is 1.35 bits per heavy atom. The summed E-state index contributed by atoms with van der Waals surface area (Å²) < 4.78 is 18.5. The van der Waals surface area contributed by atoms with Crippen molar-refractivity contribution >= 4 is 11.6 Å². The number of carbonyl (C=O) groups is 1. The zero-order valence-corrected chi connectivity index (χ0v) is 14.7. The molecule has 2 unspecified atom stereocenters. The van der Waals surface area contributed by atoms with Crippen LogP contribution in [-0.4, -0.2) is 24.8 Å². The van der Waals surface area contributed by atoms with Gasteiger partial charge in [0.15, 0.2) is 0 Å². The fourth-order valence-corrected chi connectivity index (χ4v) is 2.88. The summed E-state index contributed by atoms with van der Waals surface area (Å²) in [4.78, 5) is 17.8. The molecule has 1 N–H and O–H groups in total. The van der Waals surface area contributed by atoms with E-state index in [4.69, 9.17) is 9.57 Å². The van der Waals surface area contributed by atoms with Crippen LogP contribution in [0.3, 0.4) is 0 Å². The number of nitrogens with zero attached hydrogens (tertiary/aromatic N) is 1. The zero-order chi connectivity index (χ0) is 18.5. The van der Waals surface area contributed by atoms with E-state index in [0.717, 1.165) is 17.7 Å². The normalized spacial score (nSPS) is 17.2. The minimum absolute atomic E-state index is 0.129. The third-order valence-electron chi connectivity index (χ3n) is 4.36. The van der Waals surface area contributed by atoms with Crippen LogP contribution in [0.4, 0.5) is 4.39 Å². The highest BCUT2D eigenvalue weighted by Crippen LogP contribution is 2.22. The quantitative estimate of drug-likeness (QED) is 0.860. The lowest BCUT2D eigenvalue weighted by atomic mass is 10.0. The molecule has 1 aliphatic rings. The molecule has 1 heterocycles. The van der Waals surface area contributed by atoms with E-state index in [-0.39, 0.29) is 17.8 Å². The van der Waals surface area contributed by atoms with Crippen molar-refractivity contribution in [1.82, 2.24) is 5.32 Å². The second kappa shape index (κ2) is 7.99. The molecule has 0 spiro atoms. The summed E-state index contributed by atoms with van der Waals surface area (Å²) in [6.07, 6.45) is 0.345. The van der Waals surface area contributed by atoms with Crippen molar-refractivity contribution in [3.05, 3.63) is 65.5 Å². The standard InChI is InChI=1S/C20H21FN2O3/c1-3-17(13-7-9-16(25-2)10-8-13)22-20(24)19-12-18(23-26-19)14-5-4-6-15(21)11-14/h4-11,17,19H,3,12H2,1-2H3,(H,22,24). The lowest BCUT2D eigenvalue weighted by Gasteiger charge is -2.19. The van der Waals surface area contributed by atoms with Gasteiger partial charge in [-0.3, -0.25) is 4.79 Å². The van der Waals surface area contributed by atoms with Crippen molar-refractivity contribution in [1.29, 1.82) is 0 Å². The predicted molar refractivity (Wildman–Crippen MR) is 96.6 cm³/mol. The number of halogens is 1. The van der Waals surface area contributed by atoms with Gasteiger partial charge in [0.25, 0.3) is 5.91 Å². The van der Waals surface area contributed by atoms with E-state index in [1.54, 1.807) is 19.2 Å². The fourth-order valence-electron chi connectivity index (χ4n) is 2.88. The van der Waals surface area contributed by atoms with E-state index in [9.17, 15) is 9.18 Å². The lowest BCUT2D eigenvalue weighted by molar-refractivity contribution is -0.132. The summed E-state index contributed by atoms with van der Waals surface area (Å²) in [5.74, 6) is 0.189. The zero-order valence-electron chi connectivity index (χ0n) is 14.7. The first kappa shape index (κ1) is 17.9. The molecule has 0 radical (unpaired) electrons. The number of nitrogens with one attached hydrogen (secondary N) is 1. The van der Waals surface area contributed by atoms with Gasteiger partial charge in [-0.1, -0.05) is 36.3 Å². The minimum Gasteiger partial charge on any atom is -0.497 e. The summed E-state index contributed by atoms with van der Waals surface area (Å²) in [5.41, 5.74) is 2.19. The van der Waals surface area contributed by atoms with Gasteiger partial charge in [-0.25, -0.2) is 4.39 Å². The minimum atomic E-state index is -0.708. The van der Waals surface area contributed by atoms with Gasteiger partial charge in [0, 0.05) is 12.0 Å². The molecule has 1 amide bonds. The van der Waals surface area contributed by atoms with Crippen LogP contribution in [0, 0.1) is 5.82 Å². The highest BCUT2D eigenvalue weighted by atomic mass is 19.1. The topological polar surface area (TPSA) is 59.9 Å². The molecule has 6 heteroatoms. The average Bonchev–Trinajstić information content (AvgIpc) is 3.16. The number of carbonyl (C=O) groups excluding carboxylic acids is 1. The first-order valence-corrected chi connectivity index (χ1v) is 8.53. The van der Waals surface area contributed by atoms with Crippen LogP contribution in [0.5, 0.6) is 5.75 Å². The number of methoxy groups -OCH3 is 1. The molecule has 0 fully saturated rings. The molecule has 2 aromatic rings. The third-order valence-corrected chi connectivity index (χ3v) is 4.36. The van der Waals surface area contributed by atoms with Gasteiger partial charge in [-0.05, 0) is 36.2 Å². The summed E-state index contributed by atoms with van der Waals surface area (Å²) in [5, 5.41) is 6.94. The van der Waals surface area contributed by atoms with Crippen molar-refractivity contribution in [2.24, 2.45) is 5.16 Å². The molecule has 0 aliphatic carbocycles. The molecule has 1 aliphatic heterocycles. The Hall–Kier alpha value is -2.89. The van der Waals surface area contributed by atoms with E-state index >= 15 is 0 Å². The van der Waals surface area contributed by atoms with E-state index in [1.165, 1.54) is 12.1 Å². The van der Waals surface area contributed by atoms with Crippen molar-refractivity contribution in [2.75, 3.05) is 7.11 Å². The van der Waals surface area contributed by atoms with E-state index in [2.05, 4.69) is 10.5 Å². The molecule has 0 saturated carbocycles. The van der Waals surface area contributed by atoms with Gasteiger partial charge in [0.2, 0.25) is 6.10 Å². The summed E-state index contributed by atoms with van der Waals surface area (Å²) >= 11 is 0. The summed E-state index contributed by atoms with van der Waals surface area (Å²) in [7, 11) is 1.61. The van der Waals surface area contributed by atoms with Crippen LogP contribution in [0.15, 0.2) is 53.7 Å². The van der Waals surface area contributed by atoms with Crippen LogP contribution in [0.25, 0.3) is 0 Å². The van der Waals surface area contributed by atoms with Crippen molar-refractivity contribution < 1.29 is 18.8 Å². The molecule has 136 valence electrons. The van der Waals surface area contributed by atoms with Gasteiger partial charge in [0.1, 0.15) is 11.6 Å². The molecule has 3 rings (SSSR count). The fraction of sp³-hybridized carbons (Fsp3) is 0.300. The van der Waals surface area contributed by atoms with Gasteiger partial charge in [-0.15, -0.1) is 0 Å². The number of amides is 1. The Bertz CT molecular complexity index is 805. The molecule has 2 atom stereocenters. The summed E-state index contributed by atoms with van der Waals surface area (Å²) in [6, 6.07) is 13.6. The third kappa shape index (κ3) is 4.02. The number of hydrogen-bond acceptors (Lipinski definition) is 4. The number of rotatable bonds is 6. The van der Waals surface area contributed by atoms with Crippen LogP contribution >= 0.6 is 0 Å². The second-order valence-electron chi connectivity index (χ2n) is 6.09. The Labute approximate surface area is 151 Å². The molecule has 2 aromatic carbocycles. The molecular weight excluding hydrogens is 335 g/mol. The monoisotopic (exact) mass is 356 g/mol. The lowest BCUT2D eigenvalue weighted by Crippen LogP contribution is -2.37. The Morgan fingerprint density at radius 2 is 2.12 bits per heavy atom. The predicted octanol–water partition coefficient (Wildman–Crippen LogP) is 3.59. The first-order chi connectivity index (χ1) is 12.6. The second-order valence-corrected chi connectivity index (χ2v) is 6.09. The van der Waals surface area contributed by atoms with Crippen LogP contribution in [0.1, 0.15) is 36.9 Å². The van der Waals surface area contributed by atoms with Gasteiger partial charge in [0.05, 0.1) is 18.9 Å². The largest absolute Gasteiger partial charge is 0.497 e. The van der Waals surface area contributed by atoms with E-state index < -0.39 is 6.10 Å². The highest BCUT2D eigenvalue weighted by molar-refractivity contribution is 6.04. The Kier molecular flexibility index (Phi) is 5.51. The van der Waals surface area contributed by atoms with Crippen LogP contribution in [0.2, 0.25) is 0 Å². The van der Waals surface area contributed by atoms with Gasteiger partial charge in [-0.2, -0.15) is 0 Å². The maximum atomic E-state index is 13.4. The van der Waals surface area contributed by atoms with Crippen LogP contribution in [-0.2, 0) is 9.63 Å². The Balaban J connectivity index is 1.62. The number of ether oxygens (including phenoxy) is 1. The van der Waals surface area contributed by atoms with Gasteiger partial charge < -0.3 is 14.9 Å².